The summed E-state index contributed by atoms with van der Waals surface area (Å²) in [6.07, 6.45) is 5.89. The molecule has 20 heavy (non-hydrogen) atoms. The number of hydrogen-bond acceptors (Lipinski definition) is 1. The number of quaternary nitrogens is 1. The van der Waals surface area contributed by atoms with Gasteiger partial charge < -0.3 is 22.6 Å². The molecule has 1 aliphatic heterocycles. The summed E-state index contributed by atoms with van der Waals surface area (Å²) in [6.45, 7) is 3.38. The molecule has 0 aromatic heterocycles. The van der Waals surface area contributed by atoms with Gasteiger partial charge in [-0.2, -0.15) is 0 Å². The van der Waals surface area contributed by atoms with Crippen LogP contribution in [-0.2, 0) is 4.79 Å². The lowest BCUT2D eigenvalue weighted by Crippen LogP contribution is -3.12. The quantitative estimate of drug-likeness (QED) is 0.744. The zero-order valence-electron chi connectivity index (χ0n) is 11.6. The second-order valence-corrected chi connectivity index (χ2v) is 5.66. The van der Waals surface area contributed by atoms with E-state index in [0.717, 1.165) is 12.2 Å². The number of nitrogens with one attached hydrogen (secondary N) is 2. The van der Waals surface area contributed by atoms with Gasteiger partial charge in [-0.3, -0.25) is 4.79 Å². The number of benzene rings is 1. The molecule has 1 aromatic rings. The molecule has 2 N–H and O–H groups in total. The average molecular weight is 317 g/mol. The van der Waals surface area contributed by atoms with Crippen molar-refractivity contribution < 1.29 is 22.1 Å². The average Bonchev–Trinajstić information content (AvgIpc) is 2.68. The third-order valence-electron chi connectivity index (χ3n) is 3.64. The van der Waals surface area contributed by atoms with Crippen molar-refractivity contribution in [3.8, 4) is 0 Å². The highest BCUT2D eigenvalue weighted by Crippen LogP contribution is 2.13. The van der Waals surface area contributed by atoms with E-state index in [1.54, 1.807) is 17.0 Å². The van der Waals surface area contributed by atoms with Crippen molar-refractivity contribution in [1.29, 1.82) is 0 Å². The molecule has 1 aromatic carbocycles. The summed E-state index contributed by atoms with van der Waals surface area (Å²) < 4.78 is 0. The fourth-order valence-corrected chi connectivity index (χ4v) is 2.65. The van der Waals surface area contributed by atoms with Crippen molar-refractivity contribution in [2.24, 2.45) is 0 Å². The first-order chi connectivity index (χ1) is 9.24. The van der Waals surface area contributed by atoms with Crippen LogP contribution in [0.25, 0.3) is 0 Å². The number of carbonyl (C=O) groups excluding carboxylic acids is 1. The van der Waals surface area contributed by atoms with Gasteiger partial charge >= 0.3 is 0 Å². The van der Waals surface area contributed by atoms with Crippen LogP contribution in [-0.4, -0.2) is 25.5 Å². The number of amides is 1. The highest BCUT2D eigenvalue weighted by atomic mass is 35.5. The van der Waals surface area contributed by atoms with Crippen LogP contribution in [0.4, 0.5) is 5.69 Å². The predicted molar refractivity (Wildman–Crippen MR) is 78.7 cm³/mol. The Hall–Kier alpha value is -0.770. The molecular formula is C15H22Cl2N2O. The van der Waals surface area contributed by atoms with Crippen LogP contribution in [0, 0.1) is 0 Å². The monoisotopic (exact) mass is 316 g/mol. The molecule has 1 fully saturated rings. The van der Waals surface area contributed by atoms with Crippen molar-refractivity contribution in [2.45, 2.75) is 32.1 Å². The third kappa shape index (κ3) is 6.12. The molecule has 0 unspecified atom stereocenters. The smallest absolute Gasteiger partial charge is 0.230 e. The standard InChI is InChI=1S/C15H21ClN2O.ClH/c16-13-5-7-14(8-6-13)17-15(19)9-12-18-10-3-1-2-4-11-18;/h5-8H,1-4,9-12H2,(H,17,19);1H. The minimum absolute atomic E-state index is 0. The summed E-state index contributed by atoms with van der Waals surface area (Å²) in [5.41, 5.74) is 0.820. The van der Waals surface area contributed by atoms with E-state index < -0.39 is 0 Å². The number of hydrogen-bond donors (Lipinski definition) is 2. The Balaban J connectivity index is 0.00000200. The first-order valence-corrected chi connectivity index (χ1v) is 7.51. The number of carbonyl (C=O) groups is 1. The molecule has 0 bridgehead atoms. The Bertz CT molecular complexity index is 401. The van der Waals surface area contributed by atoms with E-state index in [-0.39, 0.29) is 18.3 Å². The molecule has 3 nitrogen and oxygen atoms in total. The molecule has 0 spiro atoms. The van der Waals surface area contributed by atoms with Gasteiger partial charge in [0.15, 0.2) is 0 Å². The molecule has 0 aliphatic carbocycles. The Morgan fingerprint density at radius 1 is 1.10 bits per heavy atom. The van der Waals surface area contributed by atoms with Gasteiger partial charge in [0.05, 0.1) is 26.1 Å². The number of halogens is 2. The summed E-state index contributed by atoms with van der Waals surface area (Å²) in [4.78, 5) is 13.4. The summed E-state index contributed by atoms with van der Waals surface area (Å²) >= 11 is 5.81. The third-order valence-corrected chi connectivity index (χ3v) is 3.90. The topological polar surface area (TPSA) is 33.5 Å². The van der Waals surface area contributed by atoms with Crippen LogP contribution in [0.3, 0.4) is 0 Å². The van der Waals surface area contributed by atoms with Gasteiger partial charge in [-0.15, -0.1) is 0 Å². The maximum Gasteiger partial charge on any atom is 0.230 e. The van der Waals surface area contributed by atoms with Gasteiger partial charge in [-0.25, -0.2) is 0 Å². The molecule has 112 valence electrons. The second kappa shape index (κ2) is 9.22. The predicted octanol–water partition coefficient (Wildman–Crippen LogP) is -0.868. The van der Waals surface area contributed by atoms with Crippen LogP contribution in [0.15, 0.2) is 24.3 Å². The van der Waals surface area contributed by atoms with Gasteiger partial charge in [0, 0.05) is 10.7 Å². The first kappa shape index (κ1) is 17.3. The molecular weight excluding hydrogens is 295 g/mol. The zero-order valence-corrected chi connectivity index (χ0v) is 13.1. The number of likely N-dealkylation sites (tertiary alicyclic amines) is 1. The lowest BCUT2D eigenvalue weighted by Gasteiger charge is -2.16. The molecule has 1 amide bonds. The Morgan fingerprint density at radius 3 is 2.30 bits per heavy atom. The zero-order chi connectivity index (χ0) is 13.5. The fraction of sp³-hybridized carbons (Fsp3) is 0.533. The van der Waals surface area contributed by atoms with Gasteiger partial charge in [0.2, 0.25) is 5.91 Å². The maximum absolute atomic E-state index is 11.9. The lowest BCUT2D eigenvalue weighted by atomic mass is 10.2. The molecule has 0 saturated carbocycles. The molecule has 0 radical (unpaired) electrons. The minimum atomic E-state index is 0. The lowest BCUT2D eigenvalue weighted by molar-refractivity contribution is -0.898. The first-order valence-electron chi connectivity index (χ1n) is 7.13. The van der Waals surface area contributed by atoms with E-state index in [2.05, 4.69) is 5.32 Å². The molecule has 1 aliphatic rings. The Labute approximate surface area is 132 Å². The Morgan fingerprint density at radius 2 is 1.70 bits per heavy atom. The van der Waals surface area contributed by atoms with Crippen LogP contribution in [0.2, 0.25) is 5.02 Å². The fourth-order valence-electron chi connectivity index (χ4n) is 2.53. The van der Waals surface area contributed by atoms with E-state index in [1.807, 2.05) is 12.1 Å². The summed E-state index contributed by atoms with van der Waals surface area (Å²) in [5, 5.41) is 3.60. The minimum Gasteiger partial charge on any atom is -1.00 e. The Kier molecular flexibility index (Phi) is 7.97. The highest BCUT2D eigenvalue weighted by Gasteiger charge is 2.13. The van der Waals surface area contributed by atoms with Crippen LogP contribution >= 0.6 is 11.6 Å². The van der Waals surface area contributed by atoms with E-state index in [0.29, 0.717) is 11.4 Å². The van der Waals surface area contributed by atoms with Crippen molar-refractivity contribution in [3.05, 3.63) is 29.3 Å². The van der Waals surface area contributed by atoms with Crippen LogP contribution in [0.1, 0.15) is 32.1 Å². The van der Waals surface area contributed by atoms with Crippen LogP contribution in [0.5, 0.6) is 0 Å². The number of anilines is 1. The molecule has 1 saturated heterocycles. The normalized spacial score (nSPS) is 16.1. The maximum atomic E-state index is 11.9. The second-order valence-electron chi connectivity index (χ2n) is 5.22. The van der Waals surface area contributed by atoms with E-state index in [1.165, 1.54) is 38.8 Å². The molecule has 5 heteroatoms. The van der Waals surface area contributed by atoms with E-state index in [4.69, 9.17) is 11.6 Å². The summed E-state index contributed by atoms with van der Waals surface area (Å²) in [7, 11) is 0. The molecule has 1 heterocycles. The summed E-state index contributed by atoms with van der Waals surface area (Å²) in [6, 6.07) is 7.24. The van der Waals surface area contributed by atoms with Crippen LogP contribution < -0.4 is 22.6 Å². The summed E-state index contributed by atoms with van der Waals surface area (Å²) in [5.74, 6) is 0.0964. The van der Waals surface area contributed by atoms with Crippen molar-refractivity contribution >= 4 is 23.2 Å². The number of rotatable bonds is 4. The van der Waals surface area contributed by atoms with Crippen molar-refractivity contribution in [1.82, 2.24) is 0 Å². The highest BCUT2D eigenvalue weighted by molar-refractivity contribution is 6.30. The van der Waals surface area contributed by atoms with E-state index >= 15 is 0 Å². The van der Waals surface area contributed by atoms with E-state index in [9.17, 15) is 4.79 Å². The largest absolute Gasteiger partial charge is 1.00 e. The van der Waals surface area contributed by atoms with Gasteiger partial charge in [0.25, 0.3) is 0 Å². The van der Waals surface area contributed by atoms with Gasteiger partial charge in [0.1, 0.15) is 0 Å². The SMILES string of the molecule is O=C(CC[NH+]1CCCCCC1)Nc1ccc(Cl)cc1.[Cl-]. The molecule has 0 atom stereocenters. The van der Waals surface area contributed by atoms with Crippen molar-refractivity contribution in [2.75, 3.05) is 25.0 Å². The van der Waals surface area contributed by atoms with Crippen molar-refractivity contribution in [3.63, 3.8) is 0 Å². The molecule has 2 rings (SSSR count). The van der Waals surface area contributed by atoms with Gasteiger partial charge in [-0.05, 0) is 49.9 Å². The van der Waals surface area contributed by atoms with Gasteiger partial charge in [-0.1, -0.05) is 11.6 Å².